The summed E-state index contributed by atoms with van der Waals surface area (Å²) in [7, 11) is 2.85. The highest BCUT2D eigenvalue weighted by molar-refractivity contribution is 9.10. The van der Waals surface area contributed by atoms with Crippen LogP contribution in [0.25, 0.3) is 0 Å². The van der Waals surface area contributed by atoms with E-state index in [1.54, 1.807) is 0 Å². The summed E-state index contributed by atoms with van der Waals surface area (Å²) in [6, 6.07) is 1.26. The van der Waals surface area contributed by atoms with Crippen LogP contribution in [-0.4, -0.2) is 14.2 Å². The summed E-state index contributed by atoms with van der Waals surface area (Å²) in [5, 5.41) is 0. The Morgan fingerprint density at radius 3 is 2.40 bits per heavy atom. The molecular formula is C9H11BrFNO3. The largest absolute Gasteiger partial charge is 0.495 e. The molecule has 0 amide bonds. The number of ether oxygens (including phenoxy) is 2. The lowest BCUT2D eigenvalue weighted by Crippen LogP contribution is -2.03. The molecule has 0 aliphatic carbocycles. The maximum absolute atomic E-state index is 13.4. The lowest BCUT2D eigenvalue weighted by atomic mass is 10.2. The molecule has 0 heterocycles. The van der Waals surface area contributed by atoms with Gasteiger partial charge in [0.2, 0.25) is 0 Å². The van der Waals surface area contributed by atoms with E-state index in [9.17, 15) is 4.39 Å². The number of benzene rings is 1. The van der Waals surface area contributed by atoms with Crippen LogP contribution in [0.15, 0.2) is 10.5 Å². The van der Waals surface area contributed by atoms with E-state index in [0.717, 1.165) is 0 Å². The molecule has 0 fully saturated rings. The standard InChI is InChI=1S/C9H11BrFNO3/c1-13-8-5(4-15-12)3-6(11)9(14-2)7(8)10/h3H,4,12H2,1-2H3. The Bertz CT molecular complexity index is 360. The van der Waals surface area contributed by atoms with E-state index < -0.39 is 5.82 Å². The van der Waals surface area contributed by atoms with Crippen LogP contribution in [0.3, 0.4) is 0 Å². The Morgan fingerprint density at radius 2 is 1.93 bits per heavy atom. The van der Waals surface area contributed by atoms with Crippen LogP contribution in [0.1, 0.15) is 5.56 Å². The molecule has 0 radical (unpaired) electrons. The van der Waals surface area contributed by atoms with Crippen LogP contribution in [0, 0.1) is 5.82 Å². The molecule has 1 rings (SSSR count). The summed E-state index contributed by atoms with van der Waals surface area (Å²) < 4.78 is 23.8. The first-order valence-corrected chi connectivity index (χ1v) is 4.85. The van der Waals surface area contributed by atoms with E-state index in [-0.39, 0.29) is 12.4 Å². The molecule has 0 atom stereocenters. The Morgan fingerprint density at radius 1 is 1.33 bits per heavy atom. The van der Waals surface area contributed by atoms with Crippen molar-refractivity contribution in [2.24, 2.45) is 5.90 Å². The van der Waals surface area contributed by atoms with Crippen LogP contribution < -0.4 is 15.4 Å². The molecule has 0 saturated carbocycles. The van der Waals surface area contributed by atoms with E-state index in [1.807, 2.05) is 0 Å². The minimum Gasteiger partial charge on any atom is -0.495 e. The van der Waals surface area contributed by atoms with E-state index in [2.05, 4.69) is 20.8 Å². The highest BCUT2D eigenvalue weighted by Gasteiger charge is 2.17. The number of nitrogens with two attached hydrogens (primary N) is 1. The molecule has 0 aliphatic heterocycles. The van der Waals surface area contributed by atoms with Crippen molar-refractivity contribution in [3.63, 3.8) is 0 Å². The minimum atomic E-state index is -0.503. The first kappa shape index (κ1) is 12.2. The average molecular weight is 280 g/mol. The molecular weight excluding hydrogens is 269 g/mol. The second-order valence-electron chi connectivity index (χ2n) is 2.71. The molecule has 1 aromatic rings. The monoisotopic (exact) mass is 279 g/mol. The van der Waals surface area contributed by atoms with Crippen LogP contribution in [0.5, 0.6) is 11.5 Å². The predicted octanol–water partition coefficient (Wildman–Crippen LogP) is 2.00. The Kier molecular flexibility index (Phi) is 4.31. The zero-order chi connectivity index (χ0) is 11.4. The summed E-state index contributed by atoms with van der Waals surface area (Å²) in [5.74, 6) is 4.96. The fourth-order valence-electron chi connectivity index (χ4n) is 1.24. The van der Waals surface area contributed by atoms with E-state index in [1.165, 1.54) is 20.3 Å². The van der Waals surface area contributed by atoms with Crippen LogP contribution >= 0.6 is 15.9 Å². The van der Waals surface area contributed by atoms with E-state index in [0.29, 0.717) is 15.8 Å². The van der Waals surface area contributed by atoms with Gasteiger partial charge in [-0.3, -0.25) is 4.84 Å². The van der Waals surface area contributed by atoms with E-state index in [4.69, 9.17) is 15.4 Å². The third-order valence-electron chi connectivity index (χ3n) is 1.86. The molecule has 0 spiro atoms. The van der Waals surface area contributed by atoms with Gasteiger partial charge in [0, 0.05) is 5.56 Å². The van der Waals surface area contributed by atoms with Crippen LogP contribution in [0.4, 0.5) is 4.39 Å². The van der Waals surface area contributed by atoms with Gasteiger partial charge in [0.25, 0.3) is 0 Å². The molecule has 0 bridgehead atoms. The highest BCUT2D eigenvalue weighted by Crippen LogP contribution is 2.39. The van der Waals surface area contributed by atoms with Crippen molar-refractivity contribution in [3.05, 3.63) is 21.9 Å². The third kappa shape index (κ3) is 2.39. The zero-order valence-electron chi connectivity index (χ0n) is 8.34. The molecule has 0 aromatic heterocycles. The molecule has 4 nitrogen and oxygen atoms in total. The average Bonchev–Trinajstić information content (AvgIpc) is 2.19. The number of hydrogen-bond acceptors (Lipinski definition) is 4. The van der Waals surface area contributed by atoms with E-state index >= 15 is 0 Å². The third-order valence-corrected chi connectivity index (χ3v) is 2.58. The number of halogens is 2. The quantitative estimate of drug-likeness (QED) is 0.857. The van der Waals surface area contributed by atoms with Gasteiger partial charge in [0.1, 0.15) is 10.2 Å². The van der Waals surface area contributed by atoms with Crippen molar-refractivity contribution in [2.75, 3.05) is 14.2 Å². The molecule has 0 unspecified atom stereocenters. The molecule has 0 aliphatic rings. The summed E-state index contributed by atoms with van der Waals surface area (Å²) in [5.41, 5.74) is 0.505. The van der Waals surface area contributed by atoms with Crippen molar-refractivity contribution in [3.8, 4) is 11.5 Å². The lowest BCUT2D eigenvalue weighted by Gasteiger charge is -2.13. The summed E-state index contributed by atoms with van der Waals surface area (Å²) in [6.07, 6.45) is 0. The maximum Gasteiger partial charge on any atom is 0.172 e. The highest BCUT2D eigenvalue weighted by atomic mass is 79.9. The van der Waals surface area contributed by atoms with Gasteiger partial charge in [0.05, 0.1) is 20.8 Å². The fourth-order valence-corrected chi connectivity index (χ4v) is 2.01. The molecule has 1 aromatic carbocycles. The smallest absolute Gasteiger partial charge is 0.172 e. The lowest BCUT2D eigenvalue weighted by molar-refractivity contribution is 0.121. The topological polar surface area (TPSA) is 53.7 Å². The van der Waals surface area contributed by atoms with Crippen LogP contribution in [0.2, 0.25) is 0 Å². The molecule has 6 heteroatoms. The molecule has 84 valence electrons. The molecule has 2 N–H and O–H groups in total. The molecule has 0 saturated heterocycles. The minimum absolute atomic E-state index is 0.0582. The van der Waals surface area contributed by atoms with Gasteiger partial charge in [-0.25, -0.2) is 10.3 Å². The zero-order valence-corrected chi connectivity index (χ0v) is 9.93. The van der Waals surface area contributed by atoms with Crippen molar-refractivity contribution in [2.45, 2.75) is 6.61 Å². The van der Waals surface area contributed by atoms with Crippen LogP contribution in [-0.2, 0) is 11.4 Å². The van der Waals surface area contributed by atoms with Gasteiger partial charge in [-0.1, -0.05) is 0 Å². The Labute approximate surface area is 95.2 Å². The summed E-state index contributed by atoms with van der Waals surface area (Å²) in [6.45, 7) is 0.0582. The first-order chi connectivity index (χ1) is 7.15. The second-order valence-corrected chi connectivity index (χ2v) is 3.50. The predicted molar refractivity (Wildman–Crippen MR) is 56.2 cm³/mol. The maximum atomic E-state index is 13.4. The van der Waals surface area contributed by atoms with Crippen molar-refractivity contribution >= 4 is 15.9 Å². The van der Waals surface area contributed by atoms with Gasteiger partial charge in [0.15, 0.2) is 11.6 Å². The Hall–Kier alpha value is -0.850. The van der Waals surface area contributed by atoms with Gasteiger partial charge in [-0.2, -0.15) is 0 Å². The summed E-state index contributed by atoms with van der Waals surface area (Å²) >= 11 is 3.19. The fraction of sp³-hybridized carbons (Fsp3) is 0.333. The van der Waals surface area contributed by atoms with Crippen molar-refractivity contribution in [1.82, 2.24) is 0 Å². The van der Waals surface area contributed by atoms with Gasteiger partial charge >= 0.3 is 0 Å². The normalized spacial score (nSPS) is 10.2. The first-order valence-electron chi connectivity index (χ1n) is 4.06. The Balaban J connectivity index is 3.30. The van der Waals surface area contributed by atoms with Gasteiger partial charge in [-0.05, 0) is 22.0 Å². The second kappa shape index (κ2) is 5.29. The summed E-state index contributed by atoms with van der Waals surface area (Å²) in [4.78, 5) is 4.45. The van der Waals surface area contributed by atoms with Crippen molar-refractivity contribution < 1.29 is 18.7 Å². The molecule has 15 heavy (non-hydrogen) atoms. The number of hydrogen-bond donors (Lipinski definition) is 1. The number of rotatable bonds is 4. The SMILES string of the molecule is COc1c(F)cc(CON)c(OC)c1Br. The van der Waals surface area contributed by atoms with Gasteiger partial charge in [-0.15, -0.1) is 0 Å². The van der Waals surface area contributed by atoms with Gasteiger partial charge < -0.3 is 9.47 Å². The van der Waals surface area contributed by atoms with Crippen molar-refractivity contribution in [1.29, 1.82) is 0 Å². The number of methoxy groups -OCH3 is 2.